The minimum absolute atomic E-state index is 0.236. The van der Waals surface area contributed by atoms with Crippen LogP contribution in [0.5, 0.6) is 5.75 Å². The molecule has 1 nitrogen and oxygen atoms in total. The van der Waals surface area contributed by atoms with E-state index < -0.39 is 0 Å². The third kappa shape index (κ3) is 1.71. The molecule has 0 atom stereocenters. The molecule has 14 heavy (non-hydrogen) atoms. The van der Waals surface area contributed by atoms with E-state index in [4.69, 9.17) is 0 Å². The van der Waals surface area contributed by atoms with Crippen LogP contribution in [0.1, 0.15) is 0 Å². The molecule has 2 aromatic rings. The molecule has 72 valence electrons. The minimum Gasteiger partial charge on any atom is -0.506 e. The maximum absolute atomic E-state index is 9.67. The predicted octanol–water partition coefficient (Wildman–Crippen LogP) is 4.83. The van der Waals surface area contributed by atoms with Gasteiger partial charge < -0.3 is 5.11 Å². The summed E-state index contributed by atoms with van der Waals surface area (Å²) in [4.78, 5) is 0. The van der Waals surface area contributed by atoms with Gasteiger partial charge in [-0.3, -0.25) is 0 Å². The van der Waals surface area contributed by atoms with Gasteiger partial charge >= 0.3 is 0 Å². The first-order valence-corrected chi connectivity index (χ1v) is 6.23. The van der Waals surface area contributed by atoms with Gasteiger partial charge in [0.25, 0.3) is 0 Å². The van der Waals surface area contributed by atoms with Crippen LogP contribution in [-0.4, -0.2) is 5.11 Å². The Labute approximate surface area is 107 Å². The zero-order valence-electron chi connectivity index (χ0n) is 6.89. The van der Waals surface area contributed by atoms with E-state index >= 15 is 0 Å². The zero-order valence-corrected chi connectivity index (χ0v) is 11.6. The second kappa shape index (κ2) is 3.83. The summed E-state index contributed by atoms with van der Waals surface area (Å²) in [5.41, 5.74) is 0. The molecule has 1 N–H and O–H groups in total. The monoisotopic (exact) mass is 378 g/mol. The molecule has 0 amide bonds. The van der Waals surface area contributed by atoms with Crippen LogP contribution in [0.3, 0.4) is 0 Å². The van der Waals surface area contributed by atoms with E-state index in [0.29, 0.717) is 4.47 Å². The van der Waals surface area contributed by atoms with Crippen molar-refractivity contribution in [2.75, 3.05) is 0 Å². The number of aromatic hydroxyl groups is 1. The summed E-state index contributed by atoms with van der Waals surface area (Å²) in [7, 11) is 0. The normalized spacial score (nSPS) is 10.8. The van der Waals surface area contributed by atoms with Crippen LogP contribution in [-0.2, 0) is 0 Å². The number of fused-ring (bicyclic) bond motifs is 1. The molecule has 0 saturated carbocycles. The SMILES string of the molecule is Oc1c(Br)cc2cc(Br)ccc2c1Br. The van der Waals surface area contributed by atoms with Crippen molar-refractivity contribution in [1.82, 2.24) is 0 Å². The van der Waals surface area contributed by atoms with Crippen molar-refractivity contribution in [3.8, 4) is 5.75 Å². The molecule has 0 fully saturated rings. The van der Waals surface area contributed by atoms with Gasteiger partial charge in [-0.1, -0.05) is 22.0 Å². The molecule has 0 unspecified atom stereocenters. The van der Waals surface area contributed by atoms with Gasteiger partial charge in [-0.25, -0.2) is 0 Å². The average Bonchev–Trinajstić information content (AvgIpc) is 2.14. The topological polar surface area (TPSA) is 20.2 Å². The molecule has 4 heteroatoms. The predicted molar refractivity (Wildman–Crippen MR) is 68.7 cm³/mol. The van der Waals surface area contributed by atoms with Crippen molar-refractivity contribution in [1.29, 1.82) is 0 Å². The van der Waals surface area contributed by atoms with Crippen molar-refractivity contribution in [3.63, 3.8) is 0 Å². The highest BCUT2D eigenvalue weighted by molar-refractivity contribution is 9.11. The van der Waals surface area contributed by atoms with Crippen LogP contribution in [0.15, 0.2) is 37.7 Å². The molecule has 0 aliphatic heterocycles. The maximum Gasteiger partial charge on any atom is 0.144 e. The standard InChI is InChI=1S/C10H5Br3O/c11-6-1-2-7-5(3-6)4-8(12)10(14)9(7)13/h1-4,14H. The number of benzene rings is 2. The minimum atomic E-state index is 0.236. The van der Waals surface area contributed by atoms with Crippen LogP contribution < -0.4 is 0 Å². The lowest BCUT2D eigenvalue weighted by Crippen LogP contribution is -1.78. The first-order chi connectivity index (χ1) is 6.59. The highest BCUT2D eigenvalue weighted by Gasteiger charge is 2.08. The third-order valence-electron chi connectivity index (χ3n) is 1.97. The largest absolute Gasteiger partial charge is 0.506 e. The van der Waals surface area contributed by atoms with Crippen molar-refractivity contribution >= 4 is 58.6 Å². The van der Waals surface area contributed by atoms with Gasteiger partial charge in [-0.05, 0) is 60.8 Å². The lowest BCUT2D eigenvalue weighted by Gasteiger charge is -2.05. The van der Waals surface area contributed by atoms with Crippen LogP contribution in [0.25, 0.3) is 10.8 Å². The first-order valence-electron chi connectivity index (χ1n) is 3.86. The van der Waals surface area contributed by atoms with Gasteiger partial charge in [0.15, 0.2) is 0 Å². The number of hydrogen-bond acceptors (Lipinski definition) is 1. The van der Waals surface area contributed by atoms with E-state index in [-0.39, 0.29) is 5.75 Å². The molecule has 0 spiro atoms. The second-order valence-corrected chi connectivity index (χ2v) is 5.45. The van der Waals surface area contributed by atoms with Gasteiger partial charge in [-0.2, -0.15) is 0 Å². The number of phenolic OH excluding ortho intramolecular Hbond substituents is 1. The van der Waals surface area contributed by atoms with Gasteiger partial charge in [0, 0.05) is 4.47 Å². The van der Waals surface area contributed by atoms with Gasteiger partial charge in [0.05, 0.1) is 8.95 Å². The quantitative estimate of drug-likeness (QED) is 0.693. The van der Waals surface area contributed by atoms with E-state index in [9.17, 15) is 5.11 Å². The fraction of sp³-hybridized carbons (Fsp3) is 0. The Morgan fingerprint density at radius 1 is 1.00 bits per heavy atom. The summed E-state index contributed by atoms with van der Waals surface area (Å²) in [5, 5.41) is 11.7. The summed E-state index contributed by atoms with van der Waals surface area (Å²) >= 11 is 10.1. The highest BCUT2D eigenvalue weighted by Crippen LogP contribution is 2.39. The van der Waals surface area contributed by atoms with Gasteiger partial charge in [0.1, 0.15) is 5.75 Å². The maximum atomic E-state index is 9.67. The molecule has 0 saturated heterocycles. The molecular formula is C10H5Br3O. The smallest absolute Gasteiger partial charge is 0.144 e. The lowest BCUT2D eigenvalue weighted by molar-refractivity contribution is 0.469. The van der Waals surface area contributed by atoms with Crippen LogP contribution in [0, 0.1) is 0 Å². The molecule has 0 radical (unpaired) electrons. The van der Waals surface area contributed by atoms with E-state index in [1.54, 1.807) is 0 Å². The van der Waals surface area contributed by atoms with E-state index in [0.717, 1.165) is 19.7 Å². The van der Waals surface area contributed by atoms with Crippen molar-refractivity contribution in [2.24, 2.45) is 0 Å². The fourth-order valence-electron chi connectivity index (χ4n) is 1.29. The van der Waals surface area contributed by atoms with Crippen LogP contribution in [0.2, 0.25) is 0 Å². The summed E-state index contributed by atoms with van der Waals surface area (Å²) in [6.07, 6.45) is 0. The lowest BCUT2D eigenvalue weighted by atomic mass is 10.1. The summed E-state index contributed by atoms with van der Waals surface area (Å²) in [6, 6.07) is 7.79. The van der Waals surface area contributed by atoms with E-state index in [1.165, 1.54) is 0 Å². The number of halogens is 3. The number of hydrogen-bond donors (Lipinski definition) is 1. The Hall–Kier alpha value is -0.0600. The summed E-state index contributed by atoms with van der Waals surface area (Å²) < 4.78 is 2.43. The average molecular weight is 381 g/mol. The Morgan fingerprint density at radius 3 is 2.43 bits per heavy atom. The molecule has 0 aliphatic rings. The van der Waals surface area contributed by atoms with Crippen molar-refractivity contribution in [3.05, 3.63) is 37.7 Å². The van der Waals surface area contributed by atoms with Gasteiger partial charge in [-0.15, -0.1) is 0 Å². The third-order valence-corrected chi connectivity index (χ3v) is 3.87. The number of phenols is 1. The van der Waals surface area contributed by atoms with Crippen LogP contribution >= 0.6 is 47.8 Å². The zero-order chi connectivity index (χ0) is 10.3. The van der Waals surface area contributed by atoms with E-state index in [2.05, 4.69) is 47.8 Å². The molecule has 0 aliphatic carbocycles. The summed E-state index contributed by atoms with van der Waals surface area (Å²) in [5.74, 6) is 0.236. The number of rotatable bonds is 0. The Morgan fingerprint density at radius 2 is 1.71 bits per heavy atom. The van der Waals surface area contributed by atoms with E-state index in [1.807, 2.05) is 24.3 Å². The first kappa shape index (κ1) is 10.5. The molecule has 0 aromatic heterocycles. The van der Waals surface area contributed by atoms with Crippen LogP contribution in [0.4, 0.5) is 0 Å². The Balaban J connectivity index is 2.91. The van der Waals surface area contributed by atoms with Crippen molar-refractivity contribution < 1.29 is 5.11 Å². The molecular weight excluding hydrogens is 376 g/mol. The molecule has 0 bridgehead atoms. The Bertz CT molecular complexity index is 508. The fourth-order valence-corrected chi connectivity index (χ4v) is 2.95. The Kier molecular flexibility index (Phi) is 2.86. The summed E-state index contributed by atoms with van der Waals surface area (Å²) in [6.45, 7) is 0. The second-order valence-electron chi connectivity index (χ2n) is 2.89. The highest BCUT2D eigenvalue weighted by atomic mass is 79.9. The molecule has 2 aromatic carbocycles. The van der Waals surface area contributed by atoms with Crippen molar-refractivity contribution in [2.45, 2.75) is 0 Å². The molecule has 0 heterocycles. The molecule has 2 rings (SSSR count). The van der Waals surface area contributed by atoms with Gasteiger partial charge in [0.2, 0.25) is 0 Å².